The first kappa shape index (κ1) is 26.5. The van der Waals surface area contributed by atoms with Crippen LogP contribution >= 0.6 is 0 Å². The van der Waals surface area contributed by atoms with E-state index in [0.29, 0.717) is 23.7 Å². The Morgan fingerprint density at radius 1 is 0.902 bits per heavy atom. The molecule has 9 nitrogen and oxygen atoms in total. The SMILES string of the molecule is CN(C)CCNc1cc(F)cc(-c2cccc3[nH]c(-c4n[nH]c5ncc(-c6cncc(CN(C)C)c6)cc45)nc23)c1. The Morgan fingerprint density at radius 3 is 2.59 bits per heavy atom. The average Bonchev–Trinajstić information content (AvgIpc) is 3.56. The quantitative estimate of drug-likeness (QED) is 0.222. The van der Waals surface area contributed by atoms with Crippen LogP contribution in [0, 0.1) is 5.82 Å². The minimum atomic E-state index is -0.302. The standard InChI is InChI=1S/C31H32FN9/c1-40(2)9-8-34-24-12-20(11-23(32)14-24)25-6-5-7-27-28(25)37-31(36-27)29-26-13-22(17-35-30(26)39-38-29)21-10-19(15-33-16-21)18-41(3)4/h5-7,10-17,34H,8-9,18H2,1-4H3,(H,36,37)(H,35,38,39). The normalized spacial score (nSPS) is 11.8. The van der Waals surface area contributed by atoms with E-state index in [4.69, 9.17) is 4.98 Å². The average molecular weight is 550 g/mol. The number of H-pyrrole nitrogens is 2. The smallest absolute Gasteiger partial charge is 0.159 e. The van der Waals surface area contributed by atoms with Crippen LogP contribution in [0.15, 0.2) is 67.1 Å². The van der Waals surface area contributed by atoms with E-state index in [1.54, 1.807) is 6.07 Å². The second-order valence-electron chi connectivity index (χ2n) is 10.8. The van der Waals surface area contributed by atoms with E-state index in [9.17, 15) is 4.39 Å². The van der Waals surface area contributed by atoms with Crippen LogP contribution in [0.5, 0.6) is 0 Å². The number of benzene rings is 2. The molecule has 0 saturated carbocycles. The van der Waals surface area contributed by atoms with Crippen LogP contribution in [-0.4, -0.2) is 81.2 Å². The number of nitrogens with zero attached hydrogens (tertiary/aromatic N) is 6. The monoisotopic (exact) mass is 549 g/mol. The van der Waals surface area contributed by atoms with Gasteiger partial charge in [-0.15, -0.1) is 0 Å². The first-order chi connectivity index (χ1) is 19.8. The Morgan fingerprint density at radius 2 is 1.76 bits per heavy atom. The van der Waals surface area contributed by atoms with Crippen LogP contribution < -0.4 is 5.32 Å². The lowest BCUT2D eigenvalue weighted by molar-refractivity contribution is 0.402. The topological polar surface area (TPSA) is 102 Å². The van der Waals surface area contributed by atoms with Crippen molar-refractivity contribution in [2.75, 3.05) is 46.6 Å². The van der Waals surface area contributed by atoms with Gasteiger partial charge in [0.15, 0.2) is 11.5 Å². The number of aromatic amines is 2. The summed E-state index contributed by atoms with van der Waals surface area (Å²) in [7, 11) is 8.09. The van der Waals surface area contributed by atoms with Gasteiger partial charge in [0.25, 0.3) is 0 Å². The van der Waals surface area contributed by atoms with Gasteiger partial charge in [-0.25, -0.2) is 14.4 Å². The molecule has 0 fully saturated rings. The van der Waals surface area contributed by atoms with Gasteiger partial charge in [0, 0.05) is 60.6 Å². The highest BCUT2D eigenvalue weighted by molar-refractivity contribution is 5.97. The van der Waals surface area contributed by atoms with Gasteiger partial charge in [0.1, 0.15) is 11.5 Å². The van der Waals surface area contributed by atoms with E-state index in [1.807, 2.05) is 71.0 Å². The molecule has 10 heteroatoms. The lowest BCUT2D eigenvalue weighted by Gasteiger charge is -2.13. The summed E-state index contributed by atoms with van der Waals surface area (Å²) in [5, 5.41) is 11.7. The first-order valence-corrected chi connectivity index (χ1v) is 13.5. The Labute approximate surface area is 237 Å². The molecule has 0 bridgehead atoms. The zero-order valence-corrected chi connectivity index (χ0v) is 23.5. The minimum absolute atomic E-state index is 0.302. The van der Waals surface area contributed by atoms with E-state index in [1.165, 1.54) is 6.07 Å². The van der Waals surface area contributed by atoms with Gasteiger partial charge in [0.2, 0.25) is 0 Å². The molecular weight excluding hydrogens is 517 g/mol. The zero-order chi connectivity index (χ0) is 28.5. The van der Waals surface area contributed by atoms with E-state index >= 15 is 0 Å². The van der Waals surface area contributed by atoms with Crippen LogP contribution in [0.2, 0.25) is 0 Å². The number of fused-ring (bicyclic) bond motifs is 2. The Hall–Kier alpha value is -4.67. The molecule has 0 radical (unpaired) electrons. The fraction of sp³-hybridized carbons (Fsp3) is 0.226. The number of para-hydroxylation sites is 1. The van der Waals surface area contributed by atoms with Crippen molar-refractivity contribution in [3.8, 4) is 33.8 Å². The Bertz CT molecular complexity index is 1840. The van der Waals surface area contributed by atoms with Gasteiger partial charge >= 0.3 is 0 Å². The van der Waals surface area contributed by atoms with Crippen LogP contribution in [0.4, 0.5) is 10.1 Å². The summed E-state index contributed by atoms with van der Waals surface area (Å²) in [6.07, 6.45) is 5.55. The fourth-order valence-electron chi connectivity index (χ4n) is 4.99. The van der Waals surface area contributed by atoms with E-state index < -0.39 is 0 Å². The summed E-state index contributed by atoms with van der Waals surface area (Å²) in [4.78, 5) is 21.6. The van der Waals surface area contributed by atoms with Gasteiger partial charge in [-0.05, 0) is 75.7 Å². The van der Waals surface area contributed by atoms with Crippen molar-refractivity contribution in [1.29, 1.82) is 0 Å². The van der Waals surface area contributed by atoms with Crippen molar-refractivity contribution in [2.24, 2.45) is 0 Å². The Balaban J connectivity index is 1.37. The summed E-state index contributed by atoms with van der Waals surface area (Å²) in [6, 6.07) is 15.1. The number of halogens is 1. The van der Waals surface area contributed by atoms with Gasteiger partial charge in [-0.1, -0.05) is 12.1 Å². The molecule has 4 aromatic heterocycles. The van der Waals surface area contributed by atoms with Crippen molar-refractivity contribution in [2.45, 2.75) is 6.54 Å². The number of hydrogen-bond donors (Lipinski definition) is 3. The predicted octanol–water partition coefficient (Wildman–Crippen LogP) is 5.40. The van der Waals surface area contributed by atoms with Crippen molar-refractivity contribution in [3.63, 3.8) is 0 Å². The number of pyridine rings is 2. The summed E-state index contributed by atoms with van der Waals surface area (Å²) >= 11 is 0. The molecule has 6 aromatic rings. The maximum absolute atomic E-state index is 14.7. The van der Waals surface area contributed by atoms with Gasteiger partial charge in [-0.3, -0.25) is 10.1 Å². The highest BCUT2D eigenvalue weighted by Gasteiger charge is 2.17. The molecule has 0 unspecified atom stereocenters. The molecule has 41 heavy (non-hydrogen) atoms. The van der Waals surface area contributed by atoms with E-state index in [2.05, 4.69) is 52.4 Å². The number of rotatable bonds is 9. The number of aromatic nitrogens is 6. The lowest BCUT2D eigenvalue weighted by Crippen LogP contribution is -2.20. The van der Waals surface area contributed by atoms with Gasteiger partial charge in [0.05, 0.1) is 16.4 Å². The molecular formula is C31H32FN9. The molecule has 0 aliphatic rings. The third-order valence-corrected chi connectivity index (χ3v) is 6.88. The molecule has 3 N–H and O–H groups in total. The molecule has 4 heterocycles. The molecule has 0 aliphatic carbocycles. The summed E-state index contributed by atoms with van der Waals surface area (Å²) in [6.45, 7) is 2.36. The fourth-order valence-corrected chi connectivity index (χ4v) is 4.99. The molecule has 208 valence electrons. The van der Waals surface area contributed by atoms with Crippen molar-refractivity contribution >= 4 is 27.8 Å². The number of anilines is 1. The van der Waals surface area contributed by atoms with Crippen LogP contribution in [0.1, 0.15) is 5.56 Å². The number of nitrogens with one attached hydrogen (secondary N) is 3. The molecule has 0 aliphatic heterocycles. The van der Waals surface area contributed by atoms with Crippen molar-refractivity contribution in [3.05, 3.63) is 78.5 Å². The van der Waals surface area contributed by atoms with Crippen LogP contribution in [0.3, 0.4) is 0 Å². The summed E-state index contributed by atoms with van der Waals surface area (Å²) < 4.78 is 14.7. The van der Waals surface area contributed by atoms with Crippen molar-refractivity contribution < 1.29 is 4.39 Å². The third-order valence-electron chi connectivity index (χ3n) is 6.88. The summed E-state index contributed by atoms with van der Waals surface area (Å²) in [5.74, 6) is 0.307. The maximum Gasteiger partial charge on any atom is 0.159 e. The maximum atomic E-state index is 14.7. The number of hydrogen-bond acceptors (Lipinski definition) is 7. The minimum Gasteiger partial charge on any atom is -0.384 e. The van der Waals surface area contributed by atoms with Gasteiger partial charge < -0.3 is 20.1 Å². The highest BCUT2D eigenvalue weighted by atomic mass is 19.1. The molecule has 0 saturated heterocycles. The lowest BCUT2D eigenvalue weighted by atomic mass is 10.0. The highest BCUT2D eigenvalue weighted by Crippen LogP contribution is 2.33. The second-order valence-corrected chi connectivity index (χ2v) is 10.8. The largest absolute Gasteiger partial charge is 0.384 e. The number of imidazole rings is 1. The first-order valence-electron chi connectivity index (χ1n) is 13.5. The van der Waals surface area contributed by atoms with Crippen LogP contribution in [-0.2, 0) is 6.54 Å². The number of likely N-dealkylation sites (N-methyl/N-ethyl adjacent to an activating group) is 1. The third kappa shape index (κ3) is 5.65. The molecule has 2 aromatic carbocycles. The molecule has 0 amide bonds. The second kappa shape index (κ2) is 11.1. The van der Waals surface area contributed by atoms with E-state index in [0.717, 1.165) is 63.0 Å². The summed E-state index contributed by atoms with van der Waals surface area (Å²) in [5.41, 5.74) is 8.29. The van der Waals surface area contributed by atoms with Gasteiger partial charge in [-0.2, -0.15) is 5.10 Å². The zero-order valence-electron chi connectivity index (χ0n) is 23.5. The van der Waals surface area contributed by atoms with E-state index in [-0.39, 0.29) is 5.82 Å². The predicted molar refractivity (Wildman–Crippen MR) is 162 cm³/mol. The molecule has 0 atom stereocenters. The molecule has 0 spiro atoms. The van der Waals surface area contributed by atoms with Crippen LogP contribution in [0.25, 0.3) is 55.8 Å². The van der Waals surface area contributed by atoms with Crippen molar-refractivity contribution in [1.82, 2.24) is 39.9 Å². The Kier molecular flexibility index (Phi) is 7.17. The molecule has 6 rings (SSSR count).